The Bertz CT molecular complexity index is 1240. The largest absolute Gasteiger partial charge is 0.733 e. The van der Waals surface area contributed by atoms with Crippen LogP contribution >= 0.6 is 0 Å². The van der Waals surface area contributed by atoms with Crippen LogP contribution in [0.1, 0.15) is 21.5 Å². The first-order chi connectivity index (χ1) is 15.6. The van der Waals surface area contributed by atoms with Crippen molar-refractivity contribution in [2.45, 2.75) is 6.61 Å². The van der Waals surface area contributed by atoms with Gasteiger partial charge in [-0.25, -0.2) is 0 Å². The summed E-state index contributed by atoms with van der Waals surface area (Å²) in [6.07, 6.45) is 3.69. The summed E-state index contributed by atoms with van der Waals surface area (Å²) in [5.74, 6) is 1.86. The van der Waals surface area contributed by atoms with Gasteiger partial charge in [-0.05, 0) is 53.6 Å². The first kappa shape index (κ1) is 19.9. The topological polar surface area (TPSA) is 91.3 Å². The van der Waals surface area contributed by atoms with Crippen molar-refractivity contribution in [3.05, 3.63) is 106 Å². The predicted molar refractivity (Wildman–Crippen MR) is 118 cm³/mol. The Morgan fingerprint density at radius 3 is 2.69 bits per heavy atom. The second-order valence-corrected chi connectivity index (χ2v) is 7.37. The van der Waals surface area contributed by atoms with Crippen LogP contribution in [-0.4, -0.2) is 17.6 Å². The Hall–Kier alpha value is -4.07. The first-order valence-corrected chi connectivity index (χ1v) is 9.95. The standard InChI is InChI=1S/C25H18NO6/c27-25-21-10-9-20(30-14-16-5-7-19(8-6-16)26(28)29)13-23(21)32-24(25)12-17-11-18-3-1-2-4-22(18)31-15-17/h1-13,28H,14-15H2/q-1. The highest BCUT2D eigenvalue weighted by molar-refractivity contribution is 6.12. The van der Waals surface area contributed by atoms with E-state index < -0.39 is 0 Å². The number of ketones is 1. The van der Waals surface area contributed by atoms with Crippen LogP contribution < -0.4 is 19.4 Å². The summed E-state index contributed by atoms with van der Waals surface area (Å²) in [6.45, 7) is 0.616. The monoisotopic (exact) mass is 428 g/mol. The number of fused-ring (bicyclic) bond motifs is 2. The van der Waals surface area contributed by atoms with Gasteiger partial charge >= 0.3 is 0 Å². The van der Waals surface area contributed by atoms with Gasteiger partial charge in [0.15, 0.2) is 5.76 Å². The maximum atomic E-state index is 12.7. The minimum atomic E-state index is -0.196. The van der Waals surface area contributed by atoms with Gasteiger partial charge in [0.1, 0.15) is 30.5 Å². The maximum absolute atomic E-state index is 12.7. The average molecular weight is 428 g/mol. The molecule has 0 unspecified atom stereocenters. The van der Waals surface area contributed by atoms with Gasteiger partial charge < -0.3 is 24.6 Å². The number of carbonyl (C=O) groups excluding carboxylic acids is 1. The van der Waals surface area contributed by atoms with E-state index in [1.54, 1.807) is 36.4 Å². The van der Waals surface area contributed by atoms with Crippen LogP contribution in [0.3, 0.4) is 0 Å². The molecule has 2 aliphatic rings. The van der Waals surface area contributed by atoms with Crippen LogP contribution in [0.5, 0.6) is 17.2 Å². The van der Waals surface area contributed by atoms with Gasteiger partial charge in [0.25, 0.3) is 0 Å². The van der Waals surface area contributed by atoms with Crippen LogP contribution in [0.2, 0.25) is 0 Å². The van der Waals surface area contributed by atoms with Crippen LogP contribution in [-0.2, 0) is 6.61 Å². The molecule has 3 aromatic carbocycles. The van der Waals surface area contributed by atoms with Crippen molar-refractivity contribution < 1.29 is 24.2 Å². The van der Waals surface area contributed by atoms with Crippen LogP contribution in [0.15, 0.2) is 84.1 Å². The summed E-state index contributed by atoms with van der Waals surface area (Å²) in [7, 11) is 0. The lowest BCUT2D eigenvalue weighted by Crippen LogP contribution is -2.08. The zero-order valence-corrected chi connectivity index (χ0v) is 16.9. The summed E-state index contributed by atoms with van der Waals surface area (Å²) in [4.78, 5) is 12.7. The van der Waals surface area contributed by atoms with Crippen molar-refractivity contribution >= 4 is 17.5 Å². The highest BCUT2D eigenvalue weighted by atomic mass is 16.8. The van der Waals surface area contributed by atoms with Gasteiger partial charge in [0, 0.05) is 11.6 Å². The van der Waals surface area contributed by atoms with E-state index in [4.69, 9.17) is 19.4 Å². The molecule has 0 fully saturated rings. The second-order valence-electron chi connectivity index (χ2n) is 7.37. The Kier molecular flexibility index (Phi) is 5.10. The zero-order valence-electron chi connectivity index (χ0n) is 16.9. The number of para-hydroxylation sites is 1. The normalized spacial score (nSPS) is 15.4. The van der Waals surface area contributed by atoms with Crippen LogP contribution in [0, 0.1) is 5.21 Å². The molecule has 7 nitrogen and oxygen atoms in total. The summed E-state index contributed by atoms with van der Waals surface area (Å²) >= 11 is 0. The Morgan fingerprint density at radius 1 is 1.06 bits per heavy atom. The molecule has 2 aliphatic heterocycles. The molecule has 3 aromatic rings. The number of benzene rings is 3. The van der Waals surface area contributed by atoms with Gasteiger partial charge in [0.05, 0.1) is 11.3 Å². The van der Waals surface area contributed by atoms with Crippen LogP contribution in [0.4, 0.5) is 5.69 Å². The number of carbonyl (C=O) groups is 1. The summed E-state index contributed by atoms with van der Waals surface area (Å²) in [5, 5.41) is 19.6. The number of rotatable bonds is 5. The number of anilines is 1. The molecule has 160 valence electrons. The second kappa shape index (κ2) is 8.22. The third-order valence-electron chi connectivity index (χ3n) is 5.17. The third kappa shape index (κ3) is 3.94. The van der Waals surface area contributed by atoms with E-state index in [9.17, 15) is 10.0 Å². The molecule has 2 heterocycles. The van der Waals surface area contributed by atoms with Gasteiger partial charge in [0.2, 0.25) is 5.78 Å². The predicted octanol–water partition coefficient (Wildman–Crippen LogP) is 4.89. The number of nitrogens with zero attached hydrogens (tertiary/aromatic N) is 1. The molecule has 0 bridgehead atoms. The lowest BCUT2D eigenvalue weighted by molar-refractivity contribution is 0.101. The van der Waals surface area contributed by atoms with Crippen molar-refractivity contribution in [2.75, 3.05) is 11.8 Å². The van der Waals surface area contributed by atoms with E-state index in [1.807, 2.05) is 30.3 Å². The fourth-order valence-electron chi connectivity index (χ4n) is 3.53. The molecule has 0 saturated carbocycles. The van der Waals surface area contributed by atoms with Crippen molar-refractivity contribution in [1.29, 1.82) is 0 Å². The minimum absolute atomic E-state index is 0.138. The first-order valence-electron chi connectivity index (χ1n) is 9.95. The summed E-state index contributed by atoms with van der Waals surface area (Å²) in [5.41, 5.74) is 3.24. The number of ether oxygens (including phenoxy) is 3. The molecule has 0 aromatic heterocycles. The van der Waals surface area contributed by atoms with E-state index in [2.05, 4.69) is 0 Å². The summed E-state index contributed by atoms with van der Waals surface area (Å²) < 4.78 is 17.3. The third-order valence-corrected chi connectivity index (χ3v) is 5.17. The Balaban J connectivity index is 1.29. The quantitative estimate of drug-likeness (QED) is 0.457. The lowest BCUT2D eigenvalue weighted by atomic mass is 10.1. The lowest BCUT2D eigenvalue weighted by Gasteiger charge is -2.21. The van der Waals surface area contributed by atoms with E-state index in [0.717, 1.165) is 22.4 Å². The Labute approximate surface area is 183 Å². The minimum Gasteiger partial charge on any atom is -0.733 e. The fraction of sp³-hybridized carbons (Fsp3) is 0.0800. The van der Waals surface area contributed by atoms with E-state index >= 15 is 0 Å². The van der Waals surface area contributed by atoms with E-state index in [-0.39, 0.29) is 29.1 Å². The molecule has 0 amide bonds. The van der Waals surface area contributed by atoms with E-state index in [1.165, 1.54) is 12.1 Å². The van der Waals surface area contributed by atoms with Crippen LogP contribution in [0.25, 0.3) is 6.08 Å². The van der Waals surface area contributed by atoms with Gasteiger partial charge in [-0.3, -0.25) is 10.0 Å². The molecule has 7 heteroatoms. The van der Waals surface area contributed by atoms with Gasteiger partial charge in [-0.2, -0.15) is 0 Å². The highest BCUT2D eigenvalue weighted by Gasteiger charge is 2.28. The van der Waals surface area contributed by atoms with Gasteiger partial charge in [-0.15, -0.1) is 0 Å². The summed E-state index contributed by atoms with van der Waals surface area (Å²) in [6, 6.07) is 19.1. The molecule has 0 saturated heterocycles. The number of Topliss-reactive ketones (excluding diaryl/α,β-unsaturated/α-hetero) is 1. The Morgan fingerprint density at radius 2 is 1.88 bits per heavy atom. The molecule has 0 aliphatic carbocycles. The molecule has 0 atom stereocenters. The molecule has 0 spiro atoms. The van der Waals surface area contributed by atoms with Gasteiger partial charge in [-0.1, -0.05) is 30.3 Å². The van der Waals surface area contributed by atoms with E-state index in [0.29, 0.717) is 23.7 Å². The smallest absolute Gasteiger partial charge is 0.231 e. The van der Waals surface area contributed by atoms with Crippen molar-refractivity contribution in [2.24, 2.45) is 0 Å². The highest BCUT2D eigenvalue weighted by Crippen LogP contribution is 2.35. The van der Waals surface area contributed by atoms with Crippen molar-refractivity contribution in [3.63, 3.8) is 0 Å². The molecule has 5 rings (SSSR count). The average Bonchev–Trinajstić information content (AvgIpc) is 3.12. The fourth-order valence-corrected chi connectivity index (χ4v) is 3.53. The number of hydrogen-bond donors (Lipinski definition) is 1. The molecule has 32 heavy (non-hydrogen) atoms. The molecular formula is C25H18NO6-. The van der Waals surface area contributed by atoms with Crippen molar-refractivity contribution in [1.82, 2.24) is 0 Å². The maximum Gasteiger partial charge on any atom is 0.231 e. The molecular weight excluding hydrogens is 410 g/mol. The van der Waals surface area contributed by atoms with Crippen molar-refractivity contribution in [3.8, 4) is 17.2 Å². The SMILES string of the molecule is O=C1C(=CC2=Cc3ccccc3OC2)Oc2cc(OCc3ccc(N([O-])O)cc3)ccc21. The number of allylic oxidation sites excluding steroid dienone is 1. The number of hydrogen-bond acceptors (Lipinski definition) is 7. The zero-order chi connectivity index (χ0) is 22.1. The molecule has 0 radical (unpaired) electrons. The molecule has 1 N–H and O–H groups in total.